The second-order valence-electron chi connectivity index (χ2n) is 1.33. The molecular formula is H4O7P2S3. The predicted molar refractivity (Wildman–Crippen MR) is 47.8 cm³/mol. The Balaban J connectivity index is 4.10. The molecule has 0 rings (SSSR count). The summed E-state index contributed by atoms with van der Waals surface area (Å²) in [6, 6.07) is 0. The lowest BCUT2D eigenvalue weighted by Gasteiger charge is -2.08. The van der Waals surface area contributed by atoms with Gasteiger partial charge in [0.1, 0.15) is 0 Å². The van der Waals surface area contributed by atoms with Gasteiger partial charge in [-0.05, 0) is 23.6 Å². The summed E-state index contributed by atoms with van der Waals surface area (Å²) in [6.45, 7) is -8.30. The molecule has 0 fully saturated rings. The quantitative estimate of drug-likeness (QED) is 0.480. The van der Waals surface area contributed by atoms with Gasteiger partial charge in [0.2, 0.25) is 0 Å². The molecule has 0 saturated carbocycles. The van der Waals surface area contributed by atoms with E-state index in [1.807, 2.05) is 0 Å². The van der Waals surface area contributed by atoms with Gasteiger partial charge in [0.25, 0.3) is 0 Å². The van der Waals surface area contributed by atoms with Crippen LogP contribution in [0.3, 0.4) is 0 Å². The maximum Gasteiger partial charge on any atom is 0.336 e. The highest BCUT2D eigenvalue weighted by atomic mass is 32.5. The van der Waals surface area contributed by atoms with Gasteiger partial charge in [-0.25, -0.2) is 0 Å². The van der Waals surface area contributed by atoms with Crippen molar-refractivity contribution in [3.8, 4) is 0 Å². The maximum atomic E-state index is 10.4. The highest BCUT2D eigenvalue weighted by Gasteiger charge is 2.21. The lowest BCUT2D eigenvalue weighted by molar-refractivity contribution is 0.339. The minimum Gasteiger partial charge on any atom is -0.324 e. The van der Waals surface area contributed by atoms with E-state index in [0.717, 1.165) is 0 Å². The van der Waals surface area contributed by atoms with E-state index >= 15 is 0 Å². The smallest absolute Gasteiger partial charge is 0.324 e. The van der Waals surface area contributed by atoms with Crippen LogP contribution in [0, 0.1) is 0 Å². The van der Waals surface area contributed by atoms with Crippen molar-refractivity contribution in [3.63, 3.8) is 0 Å². The molecule has 74 valence electrons. The van der Waals surface area contributed by atoms with E-state index in [4.69, 9.17) is 19.6 Å². The van der Waals surface area contributed by atoms with Crippen LogP contribution in [-0.4, -0.2) is 23.8 Å². The maximum absolute atomic E-state index is 10.4. The zero-order chi connectivity index (χ0) is 9.99. The second-order valence-corrected chi connectivity index (χ2v) is 7.75. The van der Waals surface area contributed by atoms with Gasteiger partial charge in [-0.3, -0.25) is 0 Å². The fourth-order valence-electron chi connectivity index (χ4n) is 0.172. The largest absolute Gasteiger partial charge is 0.336 e. The van der Waals surface area contributed by atoms with Crippen LogP contribution in [0.5, 0.6) is 0 Å². The molecule has 0 saturated heterocycles. The molecule has 0 bridgehead atoms. The topological polar surface area (TPSA) is 116 Å². The fourth-order valence-corrected chi connectivity index (χ4v) is 2.69. The van der Waals surface area contributed by atoms with Gasteiger partial charge in [-0.15, -0.1) is 0 Å². The van der Waals surface area contributed by atoms with Crippen molar-refractivity contribution in [1.29, 1.82) is 0 Å². The monoisotopic (exact) mass is 274 g/mol. The summed E-state index contributed by atoms with van der Waals surface area (Å²) >= 11 is 5.02. The van der Waals surface area contributed by atoms with E-state index in [2.05, 4.69) is 31.6 Å². The number of hydrogen-bond acceptors (Lipinski definition) is 5. The fraction of sp³-hybridized carbons (Fsp3) is 0. The second kappa shape index (κ2) is 4.63. The predicted octanol–water partition coefficient (Wildman–Crippen LogP) is -0.984. The van der Waals surface area contributed by atoms with Gasteiger partial charge < -0.3 is 19.6 Å². The van der Waals surface area contributed by atoms with Gasteiger partial charge in [0, 0.05) is 0 Å². The van der Waals surface area contributed by atoms with E-state index < -0.39 is 24.8 Å². The summed E-state index contributed by atoms with van der Waals surface area (Å²) in [5.74, 6) is 0. The Hall–Kier alpha value is 1.21. The van der Waals surface area contributed by atoms with Crippen molar-refractivity contribution in [1.82, 2.24) is 0 Å². The lowest BCUT2D eigenvalue weighted by Crippen LogP contribution is -1.98. The van der Waals surface area contributed by atoms with Crippen molar-refractivity contribution in [2.24, 2.45) is 0 Å². The summed E-state index contributed by atoms with van der Waals surface area (Å²) < 4.78 is 17.9. The summed E-state index contributed by atoms with van der Waals surface area (Å²) in [7, 11) is 0. The van der Waals surface area contributed by atoms with Crippen LogP contribution < -0.4 is 0 Å². The molecule has 7 nitrogen and oxygen atoms in total. The molecule has 0 unspecified atom stereocenters. The Bertz CT molecular complexity index is 232. The summed E-state index contributed by atoms with van der Waals surface area (Å²) in [5.41, 5.74) is 0. The van der Waals surface area contributed by atoms with Gasteiger partial charge >= 0.3 is 24.8 Å². The molecule has 12 heavy (non-hydrogen) atoms. The first kappa shape index (κ1) is 13.2. The minimum atomic E-state index is -4.15. The summed E-state index contributed by atoms with van der Waals surface area (Å²) in [5, 5.41) is 0. The van der Waals surface area contributed by atoms with E-state index in [-0.39, 0.29) is 0 Å². The first-order valence-electron chi connectivity index (χ1n) is 2.03. The molecule has 0 amide bonds. The molecule has 0 heterocycles. The SMILES string of the molecule is O=S(OP(O)(O)=S)OP(O)(O)=S. The first-order chi connectivity index (χ1) is 5.10. The summed E-state index contributed by atoms with van der Waals surface area (Å²) in [4.78, 5) is 33.5. The Morgan fingerprint density at radius 2 is 1.25 bits per heavy atom. The van der Waals surface area contributed by atoms with Crippen molar-refractivity contribution in [3.05, 3.63) is 0 Å². The van der Waals surface area contributed by atoms with Crippen LogP contribution in [0.25, 0.3) is 0 Å². The number of hydrogen-bond donors (Lipinski definition) is 4. The third kappa shape index (κ3) is 9.30. The van der Waals surface area contributed by atoms with Crippen LogP contribution in [0.4, 0.5) is 0 Å². The normalized spacial score (nSPS) is 13.8. The third-order valence-electron chi connectivity index (χ3n) is 0.316. The average Bonchev–Trinajstić information content (AvgIpc) is 1.49. The van der Waals surface area contributed by atoms with Crippen molar-refractivity contribution in [2.45, 2.75) is 0 Å². The van der Waals surface area contributed by atoms with E-state index in [9.17, 15) is 4.21 Å². The van der Waals surface area contributed by atoms with Crippen LogP contribution in [0.2, 0.25) is 0 Å². The standard InChI is InChI=1S/H4O7P2S3/c1-8(2,10)6-12(5)7-9(3,4)11/h(H2,1,2,10)(H2,3,4,11). The highest BCUT2D eigenvalue weighted by molar-refractivity contribution is 8.12. The van der Waals surface area contributed by atoms with Crippen LogP contribution >= 0.6 is 13.4 Å². The first-order valence-corrected chi connectivity index (χ1v) is 8.28. The molecule has 0 aromatic carbocycles. The molecule has 12 heteroatoms. The van der Waals surface area contributed by atoms with Crippen molar-refractivity contribution >= 4 is 48.4 Å². The van der Waals surface area contributed by atoms with Crippen molar-refractivity contribution in [2.75, 3.05) is 0 Å². The number of rotatable bonds is 4. The van der Waals surface area contributed by atoms with Gasteiger partial charge in [-0.1, -0.05) is 0 Å². The molecular weight excluding hydrogens is 270 g/mol. The van der Waals surface area contributed by atoms with E-state index in [0.29, 0.717) is 0 Å². The van der Waals surface area contributed by atoms with Crippen LogP contribution in [0.1, 0.15) is 0 Å². The molecule has 0 atom stereocenters. The Morgan fingerprint density at radius 3 is 1.42 bits per heavy atom. The molecule has 0 aliphatic rings. The average molecular weight is 274 g/mol. The van der Waals surface area contributed by atoms with Crippen LogP contribution in [-0.2, 0) is 42.9 Å². The molecule has 0 aliphatic heterocycles. The summed E-state index contributed by atoms with van der Waals surface area (Å²) in [6.07, 6.45) is 0. The lowest BCUT2D eigenvalue weighted by atomic mass is 15.7. The molecule has 0 aromatic rings. The van der Waals surface area contributed by atoms with Crippen molar-refractivity contribution < 1.29 is 31.7 Å². The Morgan fingerprint density at radius 1 is 1.00 bits per heavy atom. The van der Waals surface area contributed by atoms with Crippen LogP contribution in [0.15, 0.2) is 0 Å². The molecule has 0 aliphatic carbocycles. The molecule has 0 radical (unpaired) electrons. The molecule has 0 spiro atoms. The van der Waals surface area contributed by atoms with Gasteiger partial charge in [0.05, 0.1) is 0 Å². The Labute approximate surface area is 80.3 Å². The van der Waals surface area contributed by atoms with E-state index in [1.165, 1.54) is 0 Å². The van der Waals surface area contributed by atoms with E-state index in [1.54, 1.807) is 0 Å². The molecule has 4 N–H and O–H groups in total. The Kier molecular flexibility index (Phi) is 5.09. The van der Waals surface area contributed by atoms with Gasteiger partial charge in [0.15, 0.2) is 0 Å². The zero-order valence-electron chi connectivity index (χ0n) is 5.13. The third-order valence-corrected chi connectivity index (χ3v) is 3.94. The minimum absolute atomic E-state index is 2.77. The zero-order valence-corrected chi connectivity index (χ0v) is 9.37. The molecule has 0 aromatic heterocycles. The van der Waals surface area contributed by atoms with Gasteiger partial charge in [-0.2, -0.15) is 12.1 Å². The highest BCUT2D eigenvalue weighted by Crippen LogP contribution is 2.43.